The molecular formula is C11H14ClN5O. The van der Waals surface area contributed by atoms with E-state index in [-0.39, 0.29) is 0 Å². The Bertz CT molecular complexity index is 488. The molecule has 6 nitrogen and oxygen atoms in total. The third-order valence-corrected chi connectivity index (χ3v) is 2.47. The van der Waals surface area contributed by atoms with Gasteiger partial charge < -0.3 is 9.84 Å². The first kappa shape index (κ1) is 12.8. The zero-order valence-corrected chi connectivity index (χ0v) is 10.8. The first-order valence-electron chi connectivity index (χ1n) is 5.80. The minimum atomic E-state index is 0.454. The average Bonchev–Trinajstić information content (AvgIpc) is 2.82. The molecule has 7 heteroatoms. The van der Waals surface area contributed by atoms with E-state index in [9.17, 15) is 0 Å². The molecule has 0 spiro atoms. The fourth-order valence-corrected chi connectivity index (χ4v) is 1.70. The van der Waals surface area contributed by atoms with Gasteiger partial charge in [0.05, 0.1) is 0 Å². The number of nitrogens with zero attached hydrogens (tertiary/aromatic N) is 4. The van der Waals surface area contributed by atoms with Crippen molar-refractivity contribution in [2.75, 3.05) is 11.9 Å². The van der Waals surface area contributed by atoms with Gasteiger partial charge in [0.2, 0.25) is 6.39 Å². The van der Waals surface area contributed by atoms with Crippen molar-refractivity contribution in [1.82, 2.24) is 20.1 Å². The van der Waals surface area contributed by atoms with Crippen molar-refractivity contribution < 1.29 is 4.52 Å². The second-order valence-corrected chi connectivity index (χ2v) is 4.15. The summed E-state index contributed by atoms with van der Waals surface area (Å²) in [6.45, 7) is 2.74. The number of aryl methyl sites for hydroxylation is 1. The molecule has 0 atom stereocenters. The van der Waals surface area contributed by atoms with Crippen LogP contribution in [0.4, 0.5) is 5.82 Å². The molecule has 0 fully saturated rings. The topological polar surface area (TPSA) is 76.7 Å². The molecule has 0 amide bonds. The summed E-state index contributed by atoms with van der Waals surface area (Å²) in [6.07, 6.45) is 3.79. The Hall–Kier alpha value is -1.69. The molecule has 1 N–H and O–H groups in total. The summed E-state index contributed by atoms with van der Waals surface area (Å²) in [5, 5.41) is 7.35. The number of nitrogens with one attached hydrogen (secondary N) is 1. The summed E-state index contributed by atoms with van der Waals surface area (Å²) >= 11 is 5.93. The molecule has 0 aliphatic rings. The molecule has 2 aromatic rings. The summed E-state index contributed by atoms with van der Waals surface area (Å²) in [5.41, 5.74) is 0. The van der Waals surface area contributed by atoms with Crippen LogP contribution in [0.2, 0.25) is 5.15 Å². The number of rotatable bonds is 6. The van der Waals surface area contributed by atoms with Gasteiger partial charge in [-0.1, -0.05) is 23.7 Å². The van der Waals surface area contributed by atoms with Gasteiger partial charge in [-0.2, -0.15) is 4.98 Å². The zero-order valence-electron chi connectivity index (χ0n) is 10.1. The van der Waals surface area contributed by atoms with E-state index in [0.717, 1.165) is 24.5 Å². The van der Waals surface area contributed by atoms with Crippen LogP contribution >= 0.6 is 11.6 Å². The maximum absolute atomic E-state index is 5.93. The van der Waals surface area contributed by atoms with Crippen LogP contribution in [0, 0.1) is 0 Å². The van der Waals surface area contributed by atoms with E-state index in [1.54, 1.807) is 6.07 Å². The Morgan fingerprint density at radius 3 is 2.89 bits per heavy atom. The first-order valence-corrected chi connectivity index (χ1v) is 6.18. The predicted octanol–water partition coefficient (Wildman–Crippen LogP) is 2.12. The summed E-state index contributed by atoms with van der Waals surface area (Å²) in [6, 6.07) is 1.71. The molecular weight excluding hydrogens is 254 g/mol. The van der Waals surface area contributed by atoms with Gasteiger partial charge in [-0.15, -0.1) is 0 Å². The van der Waals surface area contributed by atoms with E-state index in [2.05, 4.69) is 36.9 Å². The van der Waals surface area contributed by atoms with E-state index in [1.165, 1.54) is 6.39 Å². The molecule has 0 aromatic carbocycles. The van der Waals surface area contributed by atoms with Crippen molar-refractivity contribution in [3.05, 3.63) is 29.3 Å². The molecule has 18 heavy (non-hydrogen) atoms. The molecule has 0 radical (unpaired) electrons. The first-order chi connectivity index (χ1) is 8.78. The highest BCUT2D eigenvalue weighted by Gasteiger charge is 2.03. The van der Waals surface area contributed by atoms with Crippen molar-refractivity contribution in [2.24, 2.45) is 0 Å². The Labute approximate surface area is 110 Å². The molecule has 96 valence electrons. The third-order valence-electron chi connectivity index (χ3n) is 2.28. The molecule has 2 rings (SSSR count). The maximum atomic E-state index is 5.93. The van der Waals surface area contributed by atoms with Gasteiger partial charge in [-0.05, 0) is 6.42 Å². The SMILES string of the molecule is CCCc1nc(Cl)cc(NCCc2ncon2)n1. The van der Waals surface area contributed by atoms with Crippen LogP contribution in [0.15, 0.2) is 17.0 Å². The lowest BCUT2D eigenvalue weighted by Crippen LogP contribution is -2.09. The second kappa shape index (κ2) is 6.30. The average molecular weight is 268 g/mol. The Morgan fingerprint density at radius 1 is 1.28 bits per heavy atom. The highest BCUT2D eigenvalue weighted by molar-refractivity contribution is 6.29. The van der Waals surface area contributed by atoms with Gasteiger partial charge in [0.25, 0.3) is 0 Å². The largest absolute Gasteiger partial charge is 0.369 e. The summed E-state index contributed by atoms with van der Waals surface area (Å²) < 4.78 is 4.65. The lowest BCUT2D eigenvalue weighted by atomic mass is 10.3. The van der Waals surface area contributed by atoms with Gasteiger partial charge in [0.1, 0.15) is 16.8 Å². The van der Waals surface area contributed by atoms with Crippen molar-refractivity contribution in [3.63, 3.8) is 0 Å². The molecule has 0 bridgehead atoms. The lowest BCUT2D eigenvalue weighted by Gasteiger charge is -2.06. The number of halogens is 1. The Kier molecular flexibility index (Phi) is 4.46. The smallest absolute Gasteiger partial charge is 0.213 e. The van der Waals surface area contributed by atoms with Gasteiger partial charge in [-0.25, -0.2) is 9.97 Å². The van der Waals surface area contributed by atoms with Crippen LogP contribution in [-0.4, -0.2) is 26.7 Å². The molecule has 0 saturated carbocycles. The van der Waals surface area contributed by atoms with Crippen molar-refractivity contribution in [2.45, 2.75) is 26.2 Å². The highest BCUT2D eigenvalue weighted by Crippen LogP contribution is 2.12. The minimum Gasteiger partial charge on any atom is -0.369 e. The summed E-state index contributed by atoms with van der Waals surface area (Å²) in [5.74, 6) is 2.14. The molecule has 2 aromatic heterocycles. The fourth-order valence-electron chi connectivity index (χ4n) is 1.50. The van der Waals surface area contributed by atoms with Crippen LogP contribution in [0.25, 0.3) is 0 Å². The van der Waals surface area contributed by atoms with Gasteiger partial charge in [0.15, 0.2) is 5.82 Å². The molecule has 0 aliphatic heterocycles. The predicted molar refractivity (Wildman–Crippen MR) is 67.5 cm³/mol. The normalized spacial score (nSPS) is 10.6. The van der Waals surface area contributed by atoms with Gasteiger partial charge >= 0.3 is 0 Å². The van der Waals surface area contributed by atoms with E-state index in [4.69, 9.17) is 11.6 Å². The van der Waals surface area contributed by atoms with Crippen molar-refractivity contribution in [1.29, 1.82) is 0 Å². The monoisotopic (exact) mass is 267 g/mol. The Balaban J connectivity index is 1.92. The van der Waals surface area contributed by atoms with Crippen molar-refractivity contribution >= 4 is 17.4 Å². The third kappa shape index (κ3) is 3.66. The van der Waals surface area contributed by atoms with Crippen molar-refractivity contribution in [3.8, 4) is 0 Å². The summed E-state index contributed by atoms with van der Waals surface area (Å²) in [4.78, 5) is 12.5. The van der Waals surface area contributed by atoms with Crippen LogP contribution in [0.5, 0.6) is 0 Å². The number of hydrogen-bond acceptors (Lipinski definition) is 6. The van der Waals surface area contributed by atoms with Gasteiger partial charge in [0, 0.05) is 25.5 Å². The Morgan fingerprint density at radius 2 is 2.17 bits per heavy atom. The summed E-state index contributed by atoms with van der Waals surface area (Å²) in [7, 11) is 0. The minimum absolute atomic E-state index is 0.454. The van der Waals surface area contributed by atoms with Crippen LogP contribution in [0.1, 0.15) is 25.0 Å². The van der Waals surface area contributed by atoms with Crippen LogP contribution in [-0.2, 0) is 12.8 Å². The number of anilines is 1. The zero-order chi connectivity index (χ0) is 12.8. The second-order valence-electron chi connectivity index (χ2n) is 3.77. The molecule has 0 saturated heterocycles. The molecule has 0 aliphatic carbocycles. The van der Waals surface area contributed by atoms with E-state index < -0.39 is 0 Å². The quantitative estimate of drug-likeness (QED) is 0.808. The molecule has 0 unspecified atom stereocenters. The van der Waals surface area contributed by atoms with Gasteiger partial charge in [-0.3, -0.25) is 0 Å². The van der Waals surface area contributed by atoms with E-state index in [0.29, 0.717) is 23.9 Å². The van der Waals surface area contributed by atoms with Crippen LogP contribution in [0.3, 0.4) is 0 Å². The number of aromatic nitrogens is 4. The standard InChI is InChI=1S/C11H14ClN5O/c1-2-3-10-15-8(12)6-11(16-10)13-5-4-9-14-7-18-17-9/h6-7H,2-5H2,1H3,(H,13,15,16). The fraction of sp³-hybridized carbons (Fsp3) is 0.455. The van der Waals surface area contributed by atoms with E-state index in [1.807, 2.05) is 0 Å². The maximum Gasteiger partial charge on any atom is 0.213 e. The highest BCUT2D eigenvalue weighted by atomic mass is 35.5. The van der Waals surface area contributed by atoms with E-state index >= 15 is 0 Å². The molecule has 2 heterocycles. The lowest BCUT2D eigenvalue weighted by molar-refractivity contribution is 0.410. The van der Waals surface area contributed by atoms with Crippen LogP contribution < -0.4 is 5.32 Å². The number of hydrogen-bond donors (Lipinski definition) is 1.